The molecule has 1 N–H and O–H groups in total. The lowest BCUT2D eigenvalue weighted by Crippen LogP contribution is -2.39. The number of hydrogen-bond donors (Lipinski definition) is 1. The second kappa shape index (κ2) is 4.38. The minimum absolute atomic E-state index is 0.366. The van der Waals surface area contributed by atoms with Crippen molar-refractivity contribution in [1.82, 2.24) is 9.03 Å². The van der Waals surface area contributed by atoms with Crippen LogP contribution in [0.15, 0.2) is 11.6 Å². The molecule has 0 radical (unpaired) electrons. The third kappa shape index (κ3) is 3.56. The number of nitrogens with one attached hydrogen (secondary N) is 1. The molecule has 0 rings (SSSR count). The zero-order valence-electron chi connectivity index (χ0n) is 8.16. The lowest BCUT2D eigenvalue weighted by molar-refractivity contribution is -0.115. The molecule has 0 saturated carbocycles. The quantitative estimate of drug-likeness (QED) is 0.654. The van der Waals surface area contributed by atoms with E-state index in [1.165, 1.54) is 14.1 Å². The molecule has 5 nitrogen and oxygen atoms in total. The number of carbonyl (C=O) groups excluding carboxylic acids is 1. The summed E-state index contributed by atoms with van der Waals surface area (Å²) in [5.74, 6) is -0.601. The highest BCUT2D eigenvalue weighted by Gasteiger charge is 2.16. The molecule has 0 aromatic carbocycles. The largest absolute Gasteiger partial charge is 0.303 e. The van der Waals surface area contributed by atoms with Gasteiger partial charge in [-0.15, -0.1) is 0 Å². The molecule has 0 spiro atoms. The van der Waals surface area contributed by atoms with E-state index in [0.717, 1.165) is 4.31 Å². The van der Waals surface area contributed by atoms with Crippen molar-refractivity contribution in [2.45, 2.75) is 13.8 Å². The monoisotopic (exact) mass is 206 g/mol. The summed E-state index contributed by atoms with van der Waals surface area (Å²) in [4.78, 5) is 11.1. The van der Waals surface area contributed by atoms with Crippen molar-refractivity contribution in [2.75, 3.05) is 14.1 Å². The zero-order chi connectivity index (χ0) is 10.6. The van der Waals surface area contributed by atoms with Crippen molar-refractivity contribution in [3.63, 3.8) is 0 Å². The number of carbonyl (C=O) groups is 1. The summed E-state index contributed by atoms with van der Waals surface area (Å²) in [5, 5.41) is 0. The van der Waals surface area contributed by atoms with Gasteiger partial charge in [-0.3, -0.25) is 4.79 Å². The topological polar surface area (TPSA) is 66.5 Å². The van der Waals surface area contributed by atoms with Crippen LogP contribution in [0.1, 0.15) is 13.8 Å². The van der Waals surface area contributed by atoms with E-state index >= 15 is 0 Å². The molecule has 76 valence electrons. The molecule has 0 aliphatic heterocycles. The summed E-state index contributed by atoms with van der Waals surface area (Å²) in [6, 6.07) is 0. The first kappa shape index (κ1) is 12.1. The fourth-order valence-electron chi connectivity index (χ4n) is 0.420. The normalized spacial score (nSPS) is 13.2. The summed E-state index contributed by atoms with van der Waals surface area (Å²) in [6.07, 6.45) is 1.54. The highest BCUT2D eigenvalue weighted by Crippen LogP contribution is 1.95. The Kier molecular flexibility index (Phi) is 4.09. The summed E-state index contributed by atoms with van der Waals surface area (Å²) in [7, 11) is -0.964. The van der Waals surface area contributed by atoms with Gasteiger partial charge in [0, 0.05) is 19.7 Å². The first-order chi connectivity index (χ1) is 5.81. The van der Waals surface area contributed by atoms with Gasteiger partial charge in [0.2, 0.25) is 0 Å². The Morgan fingerprint density at radius 3 is 2.15 bits per heavy atom. The smallest absolute Gasteiger partial charge is 0.269 e. The van der Waals surface area contributed by atoms with Crippen LogP contribution in [0.2, 0.25) is 0 Å². The van der Waals surface area contributed by atoms with E-state index in [2.05, 4.69) is 0 Å². The third-order valence-electron chi connectivity index (χ3n) is 1.49. The van der Waals surface area contributed by atoms with E-state index in [9.17, 15) is 13.2 Å². The molecule has 6 heteroatoms. The summed E-state index contributed by atoms with van der Waals surface area (Å²) in [6.45, 7) is 3.21. The Labute approximate surface area is 78.6 Å². The van der Waals surface area contributed by atoms with Crippen LogP contribution in [0, 0.1) is 0 Å². The van der Waals surface area contributed by atoms with Crippen molar-refractivity contribution in [3.8, 4) is 0 Å². The van der Waals surface area contributed by atoms with E-state index in [0.29, 0.717) is 5.57 Å². The van der Waals surface area contributed by atoms with Crippen LogP contribution in [0.4, 0.5) is 0 Å². The van der Waals surface area contributed by atoms with Gasteiger partial charge in [0.05, 0.1) is 0 Å². The average molecular weight is 206 g/mol. The highest BCUT2D eigenvalue weighted by molar-refractivity contribution is 7.87. The van der Waals surface area contributed by atoms with Crippen LogP contribution < -0.4 is 4.72 Å². The number of allylic oxidation sites excluding steroid dienone is 1. The maximum Gasteiger partial charge on any atom is 0.303 e. The van der Waals surface area contributed by atoms with E-state index < -0.39 is 16.1 Å². The Morgan fingerprint density at radius 2 is 1.85 bits per heavy atom. The van der Waals surface area contributed by atoms with Crippen LogP contribution in [-0.2, 0) is 15.0 Å². The van der Waals surface area contributed by atoms with Gasteiger partial charge in [0.1, 0.15) is 0 Å². The standard InChI is InChI=1S/C7H14N2O3S/c1-5-6(2)7(10)8-13(11,12)9(3)4/h5H,1-4H3,(H,8,10)/b6-5-. The van der Waals surface area contributed by atoms with Crippen molar-refractivity contribution < 1.29 is 13.2 Å². The Hall–Kier alpha value is -0.880. The van der Waals surface area contributed by atoms with Crippen molar-refractivity contribution >= 4 is 16.1 Å². The van der Waals surface area contributed by atoms with E-state index in [1.807, 2.05) is 4.72 Å². The maximum atomic E-state index is 11.1. The van der Waals surface area contributed by atoms with E-state index in [4.69, 9.17) is 0 Å². The predicted octanol–water partition coefficient (Wildman–Crippen LogP) is -0.125. The van der Waals surface area contributed by atoms with Crippen molar-refractivity contribution in [2.24, 2.45) is 0 Å². The molecule has 13 heavy (non-hydrogen) atoms. The first-order valence-electron chi connectivity index (χ1n) is 3.68. The number of amides is 1. The fourth-order valence-corrected chi connectivity index (χ4v) is 0.998. The SMILES string of the molecule is C/C=C(/C)C(=O)NS(=O)(=O)N(C)C. The van der Waals surface area contributed by atoms with Crippen LogP contribution in [0.5, 0.6) is 0 Å². The molecule has 0 aliphatic carbocycles. The van der Waals surface area contributed by atoms with Gasteiger partial charge < -0.3 is 0 Å². The number of nitrogens with zero attached hydrogens (tertiary/aromatic N) is 1. The molecule has 0 saturated heterocycles. The number of rotatable bonds is 3. The van der Waals surface area contributed by atoms with Gasteiger partial charge in [-0.1, -0.05) is 6.08 Å². The van der Waals surface area contributed by atoms with Crippen molar-refractivity contribution in [3.05, 3.63) is 11.6 Å². The summed E-state index contributed by atoms with van der Waals surface area (Å²) in [5.41, 5.74) is 0.366. The van der Waals surface area contributed by atoms with E-state index in [-0.39, 0.29) is 0 Å². The molecular weight excluding hydrogens is 192 g/mol. The lowest BCUT2D eigenvalue weighted by atomic mass is 10.3. The van der Waals surface area contributed by atoms with Gasteiger partial charge in [-0.2, -0.15) is 12.7 Å². The molecule has 0 aromatic rings. The summed E-state index contributed by atoms with van der Waals surface area (Å²) >= 11 is 0. The van der Waals surface area contributed by atoms with Crippen molar-refractivity contribution in [1.29, 1.82) is 0 Å². The number of hydrogen-bond acceptors (Lipinski definition) is 3. The molecule has 0 fully saturated rings. The van der Waals surface area contributed by atoms with Crippen LogP contribution >= 0.6 is 0 Å². The zero-order valence-corrected chi connectivity index (χ0v) is 8.97. The maximum absolute atomic E-state index is 11.1. The Bertz CT molecular complexity index is 317. The fraction of sp³-hybridized carbons (Fsp3) is 0.571. The molecule has 0 atom stereocenters. The van der Waals surface area contributed by atoms with E-state index in [1.54, 1.807) is 19.9 Å². The van der Waals surface area contributed by atoms with Gasteiger partial charge in [0.25, 0.3) is 5.91 Å². The average Bonchev–Trinajstić information content (AvgIpc) is 2.01. The molecule has 0 unspecified atom stereocenters. The first-order valence-corrected chi connectivity index (χ1v) is 5.12. The third-order valence-corrected chi connectivity index (χ3v) is 2.90. The molecule has 0 aliphatic rings. The summed E-state index contributed by atoms with van der Waals surface area (Å²) < 4.78 is 25.1. The molecular formula is C7H14N2O3S. The molecule has 1 amide bonds. The molecule has 0 heterocycles. The predicted molar refractivity (Wildman–Crippen MR) is 50.2 cm³/mol. The van der Waals surface area contributed by atoms with Crippen LogP contribution in [-0.4, -0.2) is 32.7 Å². The second-order valence-electron chi connectivity index (χ2n) is 2.69. The van der Waals surface area contributed by atoms with Crippen LogP contribution in [0.25, 0.3) is 0 Å². The van der Waals surface area contributed by atoms with Gasteiger partial charge in [0.15, 0.2) is 0 Å². The Balaban J connectivity index is 4.58. The minimum atomic E-state index is -3.66. The van der Waals surface area contributed by atoms with Gasteiger partial charge >= 0.3 is 10.2 Å². The lowest BCUT2D eigenvalue weighted by Gasteiger charge is -2.11. The molecule has 0 bridgehead atoms. The molecule has 0 aromatic heterocycles. The Morgan fingerprint density at radius 1 is 1.38 bits per heavy atom. The van der Waals surface area contributed by atoms with Crippen LogP contribution in [0.3, 0.4) is 0 Å². The van der Waals surface area contributed by atoms with Gasteiger partial charge in [-0.05, 0) is 13.8 Å². The van der Waals surface area contributed by atoms with Gasteiger partial charge in [-0.25, -0.2) is 4.72 Å². The second-order valence-corrected chi connectivity index (χ2v) is 4.57. The highest BCUT2D eigenvalue weighted by atomic mass is 32.2. The minimum Gasteiger partial charge on any atom is -0.269 e.